The van der Waals surface area contributed by atoms with Gasteiger partial charge in [-0.3, -0.25) is 0 Å². The lowest BCUT2D eigenvalue weighted by Gasteiger charge is -1.99. The number of rotatable bonds is 1. The van der Waals surface area contributed by atoms with Crippen molar-refractivity contribution >= 4 is 11.9 Å². The number of esters is 2. The fourth-order valence-electron chi connectivity index (χ4n) is 1.36. The van der Waals surface area contributed by atoms with Crippen LogP contribution in [0.2, 0.25) is 0 Å². The van der Waals surface area contributed by atoms with E-state index in [1.807, 2.05) is 0 Å². The van der Waals surface area contributed by atoms with Crippen LogP contribution in [0, 0.1) is 0 Å². The predicted molar refractivity (Wildman–Crippen MR) is 46.9 cm³/mol. The molecule has 0 unspecified atom stereocenters. The maximum Gasteiger partial charge on any atom is 0.338 e. The van der Waals surface area contributed by atoms with Gasteiger partial charge in [0.05, 0.1) is 18.2 Å². The summed E-state index contributed by atoms with van der Waals surface area (Å²) in [6.45, 7) is 0.287. The van der Waals surface area contributed by atoms with E-state index in [1.54, 1.807) is 12.1 Å². The lowest BCUT2D eigenvalue weighted by Crippen LogP contribution is -2.03. The first-order chi connectivity index (χ1) is 6.72. The second kappa shape index (κ2) is 3.14. The number of carbonyl (C=O) groups is 2. The van der Waals surface area contributed by atoms with Gasteiger partial charge in [0.1, 0.15) is 6.61 Å². The maximum atomic E-state index is 11.2. The number of methoxy groups -OCH3 is 1. The summed E-state index contributed by atoms with van der Waals surface area (Å²) in [4.78, 5) is 22.3. The van der Waals surface area contributed by atoms with Crippen LogP contribution in [0.4, 0.5) is 0 Å². The molecular weight excluding hydrogens is 184 g/mol. The zero-order valence-corrected chi connectivity index (χ0v) is 7.57. The van der Waals surface area contributed by atoms with Crippen molar-refractivity contribution in [3.63, 3.8) is 0 Å². The summed E-state index contributed by atoms with van der Waals surface area (Å²) in [5.74, 6) is -0.835. The van der Waals surface area contributed by atoms with Crippen LogP contribution in [-0.2, 0) is 16.1 Å². The van der Waals surface area contributed by atoms with Gasteiger partial charge in [0.15, 0.2) is 0 Å². The van der Waals surface area contributed by atoms with Gasteiger partial charge in [-0.15, -0.1) is 0 Å². The van der Waals surface area contributed by atoms with Crippen LogP contribution in [0.1, 0.15) is 26.3 Å². The Morgan fingerprint density at radius 1 is 1.50 bits per heavy atom. The van der Waals surface area contributed by atoms with Crippen LogP contribution in [-0.4, -0.2) is 19.0 Å². The Balaban J connectivity index is 2.44. The molecule has 2 rings (SSSR count). The highest BCUT2D eigenvalue weighted by Gasteiger charge is 2.22. The number of fused-ring (bicyclic) bond motifs is 1. The predicted octanol–water partition coefficient (Wildman–Crippen LogP) is 1.14. The van der Waals surface area contributed by atoms with Gasteiger partial charge in [0.25, 0.3) is 0 Å². The fourth-order valence-corrected chi connectivity index (χ4v) is 1.36. The molecule has 1 aromatic rings. The number of hydrogen-bond acceptors (Lipinski definition) is 4. The van der Waals surface area contributed by atoms with Gasteiger partial charge in [-0.1, -0.05) is 6.07 Å². The highest BCUT2D eigenvalue weighted by atomic mass is 16.5. The molecule has 4 heteroatoms. The van der Waals surface area contributed by atoms with Crippen molar-refractivity contribution in [3.8, 4) is 0 Å². The lowest BCUT2D eigenvalue weighted by atomic mass is 10.1. The van der Waals surface area contributed by atoms with E-state index in [0.717, 1.165) is 5.56 Å². The van der Waals surface area contributed by atoms with Gasteiger partial charge < -0.3 is 9.47 Å². The average Bonchev–Trinajstić information content (AvgIpc) is 2.59. The molecule has 0 N–H and O–H groups in total. The Morgan fingerprint density at radius 3 is 3.00 bits per heavy atom. The molecule has 0 atom stereocenters. The smallest absolute Gasteiger partial charge is 0.338 e. The molecule has 0 bridgehead atoms. The molecular formula is C10H8O4. The normalized spacial score (nSPS) is 13.4. The van der Waals surface area contributed by atoms with Crippen molar-refractivity contribution in [2.75, 3.05) is 7.11 Å². The second-order valence-corrected chi connectivity index (χ2v) is 2.94. The third-order valence-electron chi connectivity index (χ3n) is 2.11. The first kappa shape index (κ1) is 8.74. The first-order valence-corrected chi connectivity index (χ1v) is 4.11. The topological polar surface area (TPSA) is 52.6 Å². The molecule has 1 heterocycles. The molecule has 0 aliphatic carbocycles. The van der Waals surface area contributed by atoms with Crippen molar-refractivity contribution < 1.29 is 19.1 Å². The molecule has 0 saturated heterocycles. The minimum atomic E-state index is -0.451. The number of hydrogen-bond donors (Lipinski definition) is 0. The van der Waals surface area contributed by atoms with Crippen molar-refractivity contribution in [2.45, 2.75) is 6.61 Å². The zero-order valence-electron chi connectivity index (χ0n) is 7.57. The van der Waals surface area contributed by atoms with E-state index in [2.05, 4.69) is 4.74 Å². The van der Waals surface area contributed by atoms with Crippen molar-refractivity contribution in [1.29, 1.82) is 0 Å². The van der Waals surface area contributed by atoms with E-state index in [-0.39, 0.29) is 12.6 Å². The number of carbonyl (C=O) groups excluding carboxylic acids is 2. The summed E-state index contributed by atoms with van der Waals surface area (Å²) in [6, 6.07) is 4.82. The number of ether oxygens (including phenoxy) is 2. The molecule has 0 amide bonds. The van der Waals surface area contributed by atoms with Crippen molar-refractivity contribution in [3.05, 3.63) is 34.9 Å². The van der Waals surface area contributed by atoms with Crippen LogP contribution < -0.4 is 0 Å². The molecule has 0 aromatic heterocycles. The standard InChI is InChI=1S/C10H8O4/c1-13-9(11)6-2-3-7-5-14-10(12)8(7)4-6/h2-4H,5H2,1H3. The van der Waals surface area contributed by atoms with Crippen LogP contribution >= 0.6 is 0 Å². The molecule has 0 fully saturated rings. The largest absolute Gasteiger partial charge is 0.465 e. The highest BCUT2D eigenvalue weighted by Crippen LogP contribution is 2.21. The van der Waals surface area contributed by atoms with Crippen LogP contribution in [0.25, 0.3) is 0 Å². The van der Waals surface area contributed by atoms with Crippen LogP contribution in [0.5, 0.6) is 0 Å². The van der Waals surface area contributed by atoms with Gasteiger partial charge in [-0.2, -0.15) is 0 Å². The van der Waals surface area contributed by atoms with Crippen molar-refractivity contribution in [2.24, 2.45) is 0 Å². The second-order valence-electron chi connectivity index (χ2n) is 2.94. The first-order valence-electron chi connectivity index (χ1n) is 4.11. The van der Waals surface area contributed by atoms with E-state index in [4.69, 9.17) is 4.74 Å². The van der Waals surface area contributed by atoms with E-state index in [0.29, 0.717) is 11.1 Å². The zero-order chi connectivity index (χ0) is 10.1. The van der Waals surface area contributed by atoms with Gasteiger partial charge >= 0.3 is 11.9 Å². The average molecular weight is 192 g/mol. The van der Waals surface area contributed by atoms with Crippen LogP contribution in [0.15, 0.2) is 18.2 Å². The SMILES string of the molecule is COC(=O)c1ccc2c(c1)C(=O)OC2. The molecule has 0 saturated carbocycles. The molecule has 1 aliphatic heterocycles. The van der Waals surface area contributed by atoms with Crippen LogP contribution in [0.3, 0.4) is 0 Å². The minimum absolute atomic E-state index is 0.287. The molecule has 1 aliphatic rings. The van der Waals surface area contributed by atoms with E-state index >= 15 is 0 Å². The monoisotopic (exact) mass is 192 g/mol. The summed E-state index contributed by atoms with van der Waals surface area (Å²) >= 11 is 0. The maximum absolute atomic E-state index is 11.2. The Labute approximate surface area is 80.4 Å². The van der Waals surface area contributed by atoms with E-state index in [1.165, 1.54) is 13.2 Å². The Kier molecular flexibility index (Phi) is 1.96. The number of cyclic esters (lactones) is 1. The van der Waals surface area contributed by atoms with Gasteiger partial charge in [0, 0.05) is 5.56 Å². The molecule has 0 spiro atoms. The minimum Gasteiger partial charge on any atom is -0.465 e. The third-order valence-corrected chi connectivity index (χ3v) is 2.11. The fraction of sp³-hybridized carbons (Fsp3) is 0.200. The summed E-state index contributed by atoms with van der Waals surface area (Å²) < 4.78 is 9.34. The summed E-state index contributed by atoms with van der Waals surface area (Å²) in [5.41, 5.74) is 1.63. The molecule has 72 valence electrons. The summed E-state index contributed by atoms with van der Waals surface area (Å²) in [5, 5.41) is 0. The molecule has 14 heavy (non-hydrogen) atoms. The lowest BCUT2D eigenvalue weighted by molar-refractivity contribution is 0.0535. The summed E-state index contributed by atoms with van der Waals surface area (Å²) in [7, 11) is 1.30. The summed E-state index contributed by atoms with van der Waals surface area (Å²) in [6.07, 6.45) is 0. The van der Waals surface area contributed by atoms with Gasteiger partial charge in [0.2, 0.25) is 0 Å². The van der Waals surface area contributed by atoms with E-state index < -0.39 is 5.97 Å². The Hall–Kier alpha value is -1.84. The van der Waals surface area contributed by atoms with Gasteiger partial charge in [-0.25, -0.2) is 9.59 Å². The Bertz CT molecular complexity index is 409. The highest BCUT2D eigenvalue weighted by molar-refractivity contribution is 5.97. The molecule has 0 radical (unpaired) electrons. The van der Waals surface area contributed by atoms with Crippen molar-refractivity contribution in [1.82, 2.24) is 0 Å². The van der Waals surface area contributed by atoms with E-state index in [9.17, 15) is 9.59 Å². The van der Waals surface area contributed by atoms with Gasteiger partial charge in [-0.05, 0) is 12.1 Å². The quantitative estimate of drug-likeness (QED) is 0.626. The molecule has 1 aromatic carbocycles. The third kappa shape index (κ3) is 1.25. The molecule has 4 nitrogen and oxygen atoms in total. The Morgan fingerprint density at radius 2 is 2.29 bits per heavy atom. The number of benzene rings is 1.